The summed E-state index contributed by atoms with van der Waals surface area (Å²) in [6.45, 7) is 1.21. The van der Waals surface area contributed by atoms with Crippen LogP contribution in [0.15, 0.2) is 30.3 Å². The number of benzene rings is 1. The highest BCUT2D eigenvalue weighted by Crippen LogP contribution is 2.37. The number of methoxy groups -OCH3 is 2. The highest BCUT2D eigenvalue weighted by atomic mass is 35.5. The van der Waals surface area contributed by atoms with E-state index < -0.39 is 5.60 Å². The predicted molar refractivity (Wildman–Crippen MR) is 98.9 cm³/mol. The Morgan fingerprint density at radius 2 is 1.77 bits per heavy atom. The standard InChI is InChI=1S/C19H20ClN3O3/c1-25-14-9-13(10-15(11-14)26-2)19(24)5-7-23(8-6-19)18-4-3-16(20)17(12-21)22-18/h3-4,9-11,24H,5-8H2,1-2H3. The van der Waals surface area contributed by atoms with E-state index in [0.717, 1.165) is 5.56 Å². The Hall–Kier alpha value is -2.49. The smallest absolute Gasteiger partial charge is 0.161 e. The summed E-state index contributed by atoms with van der Waals surface area (Å²) in [6.07, 6.45) is 1.05. The Balaban J connectivity index is 1.80. The zero-order chi connectivity index (χ0) is 18.7. The maximum Gasteiger partial charge on any atom is 0.161 e. The van der Waals surface area contributed by atoms with E-state index in [1.54, 1.807) is 32.4 Å². The van der Waals surface area contributed by atoms with Crippen LogP contribution in [-0.4, -0.2) is 37.4 Å². The molecule has 1 saturated heterocycles. The molecule has 1 aromatic carbocycles. The van der Waals surface area contributed by atoms with Crippen LogP contribution >= 0.6 is 11.6 Å². The van der Waals surface area contributed by atoms with Crippen LogP contribution in [-0.2, 0) is 5.60 Å². The first-order valence-corrected chi connectivity index (χ1v) is 8.64. The lowest BCUT2D eigenvalue weighted by Crippen LogP contribution is -2.43. The van der Waals surface area contributed by atoms with Crippen molar-refractivity contribution in [3.05, 3.63) is 46.6 Å². The number of hydrogen-bond acceptors (Lipinski definition) is 6. The van der Waals surface area contributed by atoms with Gasteiger partial charge in [-0.2, -0.15) is 5.26 Å². The van der Waals surface area contributed by atoms with Crippen LogP contribution < -0.4 is 14.4 Å². The molecule has 2 heterocycles. The molecule has 0 aliphatic carbocycles. The molecule has 2 aromatic rings. The van der Waals surface area contributed by atoms with Crippen molar-refractivity contribution < 1.29 is 14.6 Å². The number of ether oxygens (including phenoxy) is 2. The molecule has 1 aliphatic heterocycles. The van der Waals surface area contributed by atoms with Gasteiger partial charge in [-0.05, 0) is 42.7 Å². The maximum absolute atomic E-state index is 11.2. The first-order valence-electron chi connectivity index (χ1n) is 8.26. The Morgan fingerprint density at radius 1 is 1.15 bits per heavy atom. The van der Waals surface area contributed by atoms with Crippen LogP contribution in [0.25, 0.3) is 0 Å². The average molecular weight is 374 g/mol. The Bertz CT molecular complexity index is 820. The molecule has 26 heavy (non-hydrogen) atoms. The zero-order valence-corrected chi connectivity index (χ0v) is 15.5. The third-order valence-corrected chi connectivity index (χ3v) is 5.05. The fourth-order valence-corrected chi connectivity index (χ4v) is 3.30. The van der Waals surface area contributed by atoms with Gasteiger partial charge in [0.15, 0.2) is 5.69 Å². The van der Waals surface area contributed by atoms with Gasteiger partial charge < -0.3 is 19.5 Å². The fraction of sp³-hybridized carbons (Fsp3) is 0.368. The lowest BCUT2D eigenvalue weighted by Gasteiger charge is -2.39. The van der Waals surface area contributed by atoms with E-state index in [0.29, 0.717) is 48.3 Å². The van der Waals surface area contributed by atoms with Crippen molar-refractivity contribution in [2.75, 3.05) is 32.2 Å². The number of pyridine rings is 1. The third kappa shape index (κ3) is 3.55. The number of nitriles is 1. The van der Waals surface area contributed by atoms with Crippen LogP contribution in [0.1, 0.15) is 24.1 Å². The molecule has 0 amide bonds. The van der Waals surface area contributed by atoms with Gasteiger partial charge in [-0.1, -0.05) is 11.6 Å². The van der Waals surface area contributed by atoms with Gasteiger partial charge in [-0.15, -0.1) is 0 Å². The van der Waals surface area contributed by atoms with Gasteiger partial charge in [0.05, 0.1) is 24.8 Å². The second-order valence-electron chi connectivity index (χ2n) is 6.23. The van der Waals surface area contributed by atoms with Crippen molar-refractivity contribution in [1.82, 2.24) is 4.98 Å². The molecule has 3 rings (SSSR count). The van der Waals surface area contributed by atoms with E-state index in [2.05, 4.69) is 4.98 Å². The number of nitrogens with zero attached hydrogens (tertiary/aromatic N) is 3. The third-order valence-electron chi connectivity index (χ3n) is 4.74. The summed E-state index contributed by atoms with van der Waals surface area (Å²) in [7, 11) is 3.17. The maximum atomic E-state index is 11.2. The molecule has 0 spiro atoms. The van der Waals surface area contributed by atoms with Crippen LogP contribution in [0, 0.1) is 11.3 Å². The van der Waals surface area contributed by atoms with Crippen molar-refractivity contribution in [2.24, 2.45) is 0 Å². The van der Waals surface area contributed by atoms with Gasteiger partial charge in [0.2, 0.25) is 0 Å². The molecule has 6 nitrogen and oxygen atoms in total. The van der Waals surface area contributed by atoms with Crippen molar-refractivity contribution in [2.45, 2.75) is 18.4 Å². The quantitative estimate of drug-likeness (QED) is 0.887. The molecule has 7 heteroatoms. The van der Waals surface area contributed by atoms with Gasteiger partial charge >= 0.3 is 0 Å². The number of aliphatic hydroxyl groups is 1. The van der Waals surface area contributed by atoms with E-state index in [1.165, 1.54) is 0 Å². The molecular weight excluding hydrogens is 354 g/mol. The molecule has 1 aromatic heterocycles. The Kier molecular flexibility index (Phi) is 5.21. The highest BCUT2D eigenvalue weighted by molar-refractivity contribution is 6.31. The Labute approximate surface area is 157 Å². The SMILES string of the molecule is COc1cc(OC)cc(C2(O)CCN(c3ccc(Cl)c(C#N)n3)CC2)c1. The second-order valence-corrected chi connectivity index (χ2v) is 6.64. The summed E-state index contributed by atoms with van der Waals surface area (Å²) in [5, 5.41) is 20.6. The number of hydrogen-bond donors (Lipinski definition) is 1. The molecule has 0 radical (unpaired) electrons. The minimum absolute atomic E-state index is 0.211. The average Bonchev–Trinajstić information content (AvgIpc) is 2.68. The summed E-state index contributed by atoms with van der Waals surface area (Å²) >= 11 is 5.95. The van der Waals surface area contributed by atoms with Gasteiger partial charge in [-0.3, -0.25) is 0 Å². The van der Waals surface area contributed by atoms with Crippen LogP contribution in [0.3, 0.4) is 0 Å². The lowest BCUT2D eigenvalue weighted by molar-refractivity contribution is 0.0113. The van der Waals surface area contributed by atoms with Crippen molar-refractivity contribution in [3.63, 3.8) is 0 Å². The van der Waals surface area contributed by atoms with Gasteiger partial charge in [0.25, 0.3) is 0 Å². The molecule has 0 unspecified atom stereocenters. The molecule has 1 N–H and O–H groups in total. The molecule has 0 atom stereocenters. The van der Waals surface area contributed by atoms with E-state index in [1.807, 2.05) is 23.1 Å². The number of anilines is 1. The number of rotatable bonds is 4. The van der Waals surface area contributed by atoms with E-state index in [9.17, 15) is 5.11 Å². The molecular formula is C19H20ClN3O3. The molecule has 1 fully saturated rings. The lowest BCUT2D eigenvalue weighted by atomic mass is 9.84. The number of aromatic nitrogens is 1. The van der Waals surface area contributed by atoms with Crippen LogP contribution in [0.4, 0.5) is 5.82 Å². The summed E-state index contributed by atoms with van der Waals surface area (Å²) in [4.78, 5) is 6.35. The number of piperidine rings is 1. The van der Waals surface area contributed by atoms with E-state index in [4.69, 9.17) is 26.3 Å². The topological polar surface area (TPSA) is 78.6 Å². The van der Waals surface area contributed by atoms with E-state index in [-0.39, 0.29) is 5.69 Å². The fourth-order valence-electron chi connectivity index (χ4n) is 3.16. The largest absolute Gasteiger partial charge is 0.497 e. The second kappa shape index (κ2) is 7.40. The van der Waals surface area contributed by atoms with Gasteiger partial charge in [-0.25, -0.2) is 4.98 Å². The Morgan fingerprint density at radius 3 is 2.31 bits per heavy atom. The monoisotopic (exact) mass is 373 g/mol. The molecule has 136 valence electrons. The van der Waals surface area contributed by atoms with Crippen LogP contribution in [0.2, 0.25) is 5.02 Å². The summed E-state index contributed by atoms with van der Waals surface area (Å²) in [5.74, 6) is 1.98. The van der Waals surface area contributed by atoms with Gasteiger partial charge in [0.1, 0.15) is 23.4 Å². The normalized spacial score (nSPS) is 16.0. The summed E-state index contributed by atoms with van der Waals surface area (Å²) in [6, 6.07) is 10.9. The van der Waals surface area contributed by atoms with Crippen molar-refractivity contribution >= 4 is 17.4 Å². The number of halogens is 1. The first kappa shape index (κ1) is 18.3. The van der Waals surface area contributed by atoms with Crippen LogP contribution in [0.5, 0.6) is 11.5 Å². The van der Waals surface area contributed by atoms with Gasteiger partial charge in [0, 0.05) is 19.2 Å². The minimum Gasteiger partial charge on any atom is -0.497 e. The highest BCUT2D eigenvalue weighted by Gasteiger charge is 2.35. The van der Waals surface area contributed by atoms with Crippen molar-refractivity contribution in [3.8, 4) is 17.6 Å². The molecule has 0 saturated carbocycles. The summed E-state index contributed by atoms with van der Waals surface area (Å²) in [5.41, 5.74) is 0.0145. The first-order chi connectivity index (χ1) is 12.5. The predicted octanol–water partition coefficient (Wildman–Crippen LogP) is 3.11. The molecule has 0 bridgehead atoms. The van der Waals surface area contributed by atoms with Crippen molar-refractivity contribution in [1.29, 1.82) is 5.26 Å². The zero-order valence-electron chi connectivity index (χ0n) is 14.7. The summed E-state index contributed by atoms with van der Waals surface area (Å²) < 4.78 is 10.6. The van der Waals surface area contributed by atoms with E-state index >= 15 is 0 Å². The molecule has 1 aliphatic rings. The minimum atomic E-state index is -0.969.